The van der Waals surface area contributed by atoms with Crippen molar-refractivity contribution in [1.29, 1.82) is 0 Å². The molecule has 390 valence electrons. The number of para-hydroxylation sites is 4. The number of unbranched alkanes of at least 4 members (excludes halogenated alkanes) is 4. The third-order valence-electron chi connectivity index (χ3n) is 17.1. The van der Waals surface area contributed by atoms with Crippen LogP contribution in [0.4, 0.5) is 34.1 Å². The van der Waals surface area contributed by atoms with Gasteiger partial charge < -0.3 is 9.80 Å². The van der Waals surface area contributed by atoms with Gasteiger partial charge in [0.05, 0.1) is 0 Å². The smallest absolute Gasteiger partial charge is 0.0465 e. The SMILES string of the molecule is CCCCC1(CCCC)c2cc(-c3ccc(-c4ccc(-c5ccc6c(c5)C(CCCC)(CCCC)c5cc(N(c7ccccc7)c7ccccc7)ccc5-6)s4)s3)ccc2-c2ccc(N(c3ccccc3)c3ccccc3)cc21. The number of hydrogen-bond donors (Lipinski definition) is 0. The molecule has 0 unspecified atom stereocenters. The van der Waals surface area contributed by atoms with Crippen molar-refractivity contribution in [3.63, 3.8) is 0 Å². The Hall–Kier alpha value is -7.24. The van der Waals surface area contributed by atoms with Gasteiger partial charge in [0, 0.05) is 64.5 Å². The van der Waals surface area contributed by atoms with E-state index in [1.165, 1.54) is 161 Å². The van der Waals surface area contributed by atoms with Gasteiger partial charge in [-0.3, -0.25) is 0 Å². The summed E-state index contributed by atoms with van der Waals surface area (Å²) in [6.07, 6.45) is 14.1. The molecule has 78 heavy (non-hydrogen) atoms. The Morgan fingerprint density at radius 1 is 0.282 bits per heavy atom. The van der Waals surface area contributed by atoms with E-state index in [4.69, 9.17) is 0 Å². The van der Waals surface area contributed by atoms with Gasteiger partial charge >= 0.3 is 0 Å². The molecule has 12 rings (SSSR count). The minimum atomic E-state index is -0.0562. The third kappa shape index (κ3) is 9.45. The Kier molecular flexibility index (Phi) is 14.9. The summed E-state index contributed by atoms with van der Waals surface area (Å²) in [6, 6.07) is 82.6. The van der Waals surface area contributed by atoms with Gasteiger partial charge in [-0.05, 0) is 191 Å². The van der Waals surface area contributed by atoms with E-state index in [-0.39, 0.29) is 10.8 Å². The van der Waals surface area contributed by atoms with Crippen LogP contribution >= 0.6 is 22.7 Å². The van der Waals surface area contributed by atoms with Crippen LogP contribution in [0.1, 0.15) is 127 Å². The van der Waals surface area contributed by atoms with Gasteiger partial charge in [0.1, 0.15) is 0 Å². The van der Waals surface area contributed by atoms with Crippen molar-refractivity contribution in [3.8, 4) is 52.9 Å². The lowest BCUT2D eigenvalue weighted by Crippen LogP contribution is -2.26. The van der Waals surface area contributed by atoms with Crippen molar-refractivity contribution in [3.05, 3.63) is 241 Å². The summed E-state index contributed by atoms with van der Waals surface area (Å²) in [4.78, 5) is 10.2. The van der Waals surface area contributed by atoms with Crippen LogP contribution in [-0.4, -0.2) is 0 Å². The number of thiophene rings is 2. The average Bonchev–Trinajstić information content (AvgIpc) is 4.38. The summed E-state index contributed by atoms with van der Waals surface area (Å²) in [6.45, 7) is 9.42. The monoisotopic (exact) mass is 1050 g/mol. The van der Waals surface area contributed by atoms with Crippen LogP contribution in [0.5, 0.6) is 0 Å². The molecular weight excluding hydrogens is 981 g/mol. The molecular formula is C74H72N2S2. The first-order chi connectivity index (χ1) is 38.5. The number of hydrogen-bond acceptors (Lipinski definition) is 4. The fraction of sp³-hybridized carbons (Fsp3) is 0.243. The van der Waals surface area contributed by atoms with Gasteiger partial charge in [0.25, 0.3) is 0 Å². The van der Waals surface area contributed by atoms with Crippen molar-refractivity contribution >= 4 is 56.8 Å². The van der Waals surface area contributed by atoms with Gasteiger partial charge in [0.15, 0.2) is 0 Å². The molecule has 2 aromatic heterocycles. The molecule has 2 aliphatic rings. The quantitative estimate of drug-likeness (QED) is 0.0708. The third-order valence-corrected chi connectivity index (χ3v) is 19.6. The minimum Gasteiger partial charge on any atom is -0.310 e. The van der Waals surface area contributed by atoms with Crippen LogP contribution in [0.2, 0.25) is 0 Å². The predicted molar refractivity (Wildman–Crippen MR) is 338 cm³/mol. The lowest BCUT2D eigenvalue weighted by atomic mass is 9.70. The first kappa shape index (κ1) is 51.5. The van der Waals surface area contributed by atoms with Crippen molar-refractivity contribution in [2.45, 2.75) is 116 Å². The van der Waals surface area contributed by atoms with Crippen LogP contribution in [0.15, 0.2) is 218 Å². The molecule has 0 fully saturated rings. The lowest BCUT2D eigenvalue weighted by Gasteiger charge is -2.34. The number of rotatable bonds is 21. The van der Waals surface area contributed by atoms with E-state index < -0.39 is 0 Å². The number of nitrogens with zero attached hydrogens (tertiary/aromatic N) is 2. The van der Waals surface area contributed by atoms with Crippen LogP contribution in [0.25, 0.3) is 52.9 Å². The molecule has 0 amide bonds. The summed E-state index contributed by atoms with van der Waals surface area (Å²) in [5.41, 5.74) is 21.3. The Bertz CT molecular complexity index is 3310. The summed E-state index contributed by atoms with van der Waals surface area (Å²) < 4.78 is 0. The molecule has 2 nitrogen and oxygen atoms in total. The fourth-order valence-electron chi connectivity index (χ4n) is 13.2. The van der Waals surface area contributed by atoms with E-state index >= 15 is 0 Å². The summed E-state index contributed by atoms with van der Waals surface area (Å²) >= 11 is 3.89. The van der Waals surface area contributed by atoms with Crippen molar-refractivity contribution < 1.29 is 0 Å². The van der Waals surface area contributed by atoms with Crippen molar-refractivity contribution in [2.75, 3.05) is 9.80 Å². The van der Waals surface area contributed by atoms with Gasteiger partial charge in [-0.25, -0.2) is 0 Å². The standard InChI is InChI=1S/C74H72N2S2/c1-5-9-45-73(46-10-6-2)65-49-53(33-37-61(65)63-39-35-59(51-67(63)73)75(55-25-17-13-18-26-55)56-27-19-14-20-28-56)69-41-43-71(77-69)72-44-42-70(78-72)54-34-38-62-64-40-36-60(76(57-29-21-15-22-30-57)58-31-23-16-24-32-58)52-68(64)74(47-11-7-3,48-12-8-4)66(62)50-54/h13-44,49-52H,5-12,45-48H2,1-4H3. The van der Waals surface area contributed by atoms with E-state index in [0.717, 1.165) is 25.7 Å². The van der Waals surface area contributed by atoms with E-state index in [2.05, 4.69) is 256 Å². The number of benzene rings is 8. The van der Waals surface area contributed by atoms with E-state index in [1.807, 2.05) is 22.7 Å². The molecule has 0 bridgehead atoms. The molecule has 0 radical (unpaired) electrons. The Morgan fingerprint density at radius 3 is 0.872 bits per heavy atom. The normalized spacial score (nSPS) is 13.4. The Morgan fingerprint density at radius 2 is 0.564 bits per heavy atom. The first-order valence-corrected chi connectivity index (χ1v) is 30.7. The summed E-state index contributed by atoms with van der Waals surface area (Å²) in [5, 5.41) is 0. The lowest BCUT2D eigenvalue weighted by molar-refractivity contribution is 0.414. The zero-order chi connectivity index (χ0) is 53.1. The van der Waals surface area contributed by atoms with Crippen molar-refractivity contribution in [2.24, 2.45) is 0 Å². The molecule has 2 heterocycles. The Labute approximate surface area is 472 Å². The zero-order valence-electron chi connectivity index (χ0n) is 46.0. The second-order valence-electron chi connectivity index (χ2n) is 21.9. The largest absolute Gasteiger partial charge is 0.310 e. The molecule has 10 aromatic rings. The topological polar surface area (TPSA) is 6.48 Å². The molecule has 2 aliphatic carbocycles. The maximum atomic E-state index is 2.59. The summed E-state index contributed by atoms with van der Waals surface area (Å²) in [7, 11) is 0. The molecule has 0 aliphatic heterocycles. The molecule has 8 aromatic carbocycles. The van der Waals surface area contributed by atoms with E-state index in [0.29, 0.717) is 0 Å². The van der Waals surface area contributed by atoms with E-state index in [9.17, 15) is 0 Å². The van der Waals surface area contributed by atoms with Crippen LogP contribution in [0.3, 0.4) is 0 Å². The average molecular weight is 1050 g/mol. The molecule has 4 heteroatoms. The highest BCUT2D eigenvalue weighted by molar-refractivity contribution is 7.25. The van der Waals surface area contributed by atoms with Crippen LogP contribution in [0, 0.1) is 0 Å². The zero-order valence-corrected chi connectivity index (χ0v) is 47.6. The number of anilines is 6. The van der Waals surface area contributed by atoms with Gasteiger partial charge in [-0.2, -0.15) is 0 Å². The predicted octanol–water partition coefficient (Wildman–Crippen LogP) is 23.0. The molecule has 0 N–H and O–H groups in total. The maximum Gasteiger partial charge on any atom is 0.0465 e. The number of fused-ring (bicyclic) bond motifs is 6. The fourth-order valence-corrected chi connectivity index (χ4v) is 15.3. The van der Waals surface area contributed by atoms with Gasteiger partial charge in [-0.15, -0.1) is 22.7 Å². The van der Waals surface area contributed by atoms with E-state index in [1.54, 1.807) is 0 Å². The van der Waals surface area contributed by atoms with Crippen LogP contribution < -0.4 is 9.80 Å². The second kappa shape index (κ2) is 22.6. The first-order valence-electron chi connectivity index (χ1n) is 29.1. The molecule has 0 spiro atoms. The Balaban J connectivity index is 0.879. The van der Waals surface area contributed by atoms with Gasteiger partial charge in [-0.1, -0.05) is 188 Å². The highest BCUT2D eigenvalue weighted by Gasteiger charge is 2.44. The highest BCUT2D eigenvalue weighted by Crippen LogP contribution is 2.59. The van der Waals surface area contributed by atoms with Gasteiger partial charge in [0.2, 0.25) is 0 Å². The summed E-state index contributed by atoms with van der Waals surface area (Å²) in [5.74, 6) is 0. The highest BCUT2D eigenvalue weighted by atomic mass is 32.1. The minimum absolute atomic E-state index is 0.0562. The van der Waals surface area contributed by atoms with Crippen molar-refractivity contribution in [1.82, 2.24) is 0 Å². The molecule has 0 saturated heterocycles. The molecule has 0 saturated carbocycles. The maximum absolute atomic E-state index is 2.59. The molecule has 0 atom stereocenters. The second-order valence-corrected chi connectivity index (χ2v) is 24.1. The van der Waals surface area contributed by atoms with Crippen LogP contribution in [-0.2, 0) is 10.8 Å².